The third-order valence-corrected chi connectivity index (χ3v) is 3.83. The van der Waals surface area contributed by atoms with Gasteiger partial charge >= 0.3 is 0 Å². The fraction of sp³-hybridized carbons (Fsp3) is 0.222. The monoisotopic (exact) mass is 357 g/mol. The molecule has 3 N–H and O–H groups in total. The molecule has 6 nitrogen and oxygen atoms in total. The zero-order valence-electron chi connectivity index (χ0n) is 13.6. The van der Waals surface area contributed by atoms with Crippen molar-refractivity contribution in [3.05, 3.63) is 59.7 Å². The Kier molecular flexibility index (Phi) is 5.69. The van der Waals surface area contributed by atoms with Crippen LogP contribution in [0.15, 0.2) is 48.5 Å². The van der Waals surface area contributed by atoms with Gasteiger partial charge in [0.1, 0.15) is 13.2 Å². The van der Waals surface area contributed by atoms with Crippen molar-refractivity contribution in [2.24, 2.45) is 0 Å². The highest BCUT2D eigenvalue weighted by Crippen LogP contribution is 2.30. The predicted octanol–water partition coefficient (Wildman–Crippen LogP) is 1.70. The van der Waals surface area contributed by atoms with Crippen LogP contribution in [-0.4, -0.2) is 24.2 Å². The number of nitrogens with one attached hydrogen (secondary N) is 3. The summed E-state index contributed by atoms with van der Waals surface area (Å²) in [6, 6.07) is 15.4. The highest BCUT2D eigenvalue weighted by atomic mass is 32.1. The molecule has 130 valence electrons. The van der Waals surface area contributed by atoms with Crippen LogP contribution in [0.3, 0.4) is 0 Å². The zero-order chi connectivity index (χ0) is 17.5. The van der Waals surface area contributed by atoms with Gasteiger partial charge in [0.2, 0.25) is 5.91 Å². The third kappa shape index (κ3) is 5.09. The average Bonchev–Trinajstić information content (AvgIpc) is 2.65. The largest absolute Gasteiger partial charge is 0.486 e. The summed E-state index contributed by atoms with van der Waals surface area (Å²) < 4.78 is 11.0. The van der Waals surface area contributed by atoms with E-state index in [-0.39, 0.29) is 12.3 Å². The molecule has 0 bridgehead atoms. The zero-order valence-corrected chi connectivity index (χ0v) is 14.4. The van der Waals surface area contributed by atoms with E-state index >= 15 is 0 Å². The van der Waals surface area contributed by atoms with E-state index in [4.69, 9.17) is 21.7 Å². The fourth-order valence-electron chi connectivity index (χ4n) is 2.38. The Hall–Kier alpha value is -2.80. The summed E-state index contributed by atoms with van der Waals surface area (Å²) in [7, 11) is 0. The summed E-state index contributed by atoms with van der Waals surface area (Å²) in [6.45, 7) is 1.65. The predicted molar refractivity (Wildman–Crippen MR) is 98.3 cm³/mol. The second-order valence-electron chi connectivity index (χ2n) is 5.50. The number of hydrogen-bond donors (Lipinski definition) is 3. The second-order valence-corrected chi connectivity index (χ2v) is 5.90. The van der Waals surface area contributed by atoms with Crippen molar-refractivity contribution in [1.29, 1.82) is 0 Å². The van der Waals surface area contributed by atoms with Crippen LogP contribution in [0.2, 0.25) is 0 Å². The standard InChI is InChI=1S/C18H19N3O3S/c22-17(11-14-6-7-15-16(10-14)24-9-8-23-15)20-21-18(25)19-12-13-4-2-1-3-5-13/h1-7,10H,8-9,11-12H2,(H,20,22)(H2,19,21,25). The lowest BCUT2D eigenvalue weighted by Crippen LogP contribution is -2.47. The minimum Gasteiger partial charge on any atom is -0.486 e. The summed E-state index contributed by atoms with van der Waals surface area (Å²) in [6.07, 6.45) is 0.213. The number of carbonyl (C=O) groups is 1. The van der Waals surface area contributed by atoms with Crippen LogP contribution in [0, 0.1) is 0 Å². The number of carbonyl (C=O) groups excluding carboxylic acids is 1. The number of fused-ring (bicyclic) bond motifs is 1. The molecule has 0 aliphatic carbocycles. The molecule has 0 aromatic heterocycles. The first-order chi connectivity index (χ1) is 12.2. The van der Waals surface area contributed by atoms with Crippen molar-refractivity contribution in [3.63, 3.8) is 0 Å². The second kappa shape index (κ2) is 8.34. The smallest absolute Gasteiger partial charge is 0.242 e. The summed E-state index contributed by atoms with van der Waals surface area (Å²) in [5, 5.41) is 3.39. The van der Waals surface area contributed by atoms with E-state index in [0.717, 1.165) is 11.1 Å². The lowest BCUT2D eigenvalue weighted by molar-refractivity contribution is -0.121. The van der Waals surface area contributed by atoms with Gasteiger partial charge in [0.15, 0.2) is 16.6 Å². The van der Waals surface area contributed by atoms with Gasteiger partial charge in [-0.05, 0) is 35.5 Å². The Bertz CT molecular complexity index is 752. The Morgan fingerprint density at radius 1 is 0.960 bits per heavy atom. The highest BCUT2D eigenvalue weighted by molar-refractivity contribution is 7.80. The molecule has 3 rings (SSSR count). The molecule has 25 heavy (non-hydrogen) atoms. The van der Waals surface area contributed by atoms with Crippen LogP contribution in [0.25, 0.3) is 0 Å². The van der Waals surface area contributed by atoms with Gasteiger partial charge in [-0.1, -0.05) is 36.4 Å². The Morgan fingerprint density at radius 2 is 1.72 bits per heavy atom. The summed E-state index contributed by atoms with van der Waals surface area (Å²) in [5.74, 6) is 1.19. The van der Waals surface area contributed by atoms with Gasteiger partial charge in [0.05, 0.1) is 6.42 Å². The number of hydrogen-bond acceptors (Lipinski definition) is 4. The van der Waals surface area contributed by atoms with E-state index < -0.39 is 0 Å². The quantitative estimate of drug-likeness (QED) is 0.571. The van der Waals surface area contributed by atoms with Gasteiger partial charge in [0, 0.05) is 6.54 Å². The molecule has 0 atom stereocenters. The molecule has 2 aromatic rings. The van der Waals surface area contributed by atoms with Crippen LogP contribution >= 0.6 is 12.2 Å². The number of ether oxygens (including phenoxy) is 2. The van der Waals surface area contributed by atoms with Crippen LogP contribution in [0.5, 0.6) is 11.5 Å². The molecule has 1 aliphatic rings. The van der Waals surface area contributed by atoms with Gasteiger partial charge < -0.3 is 14.8 Å². The molecular formula is C18H19N3O3S. The number of benzene rings is 2. The molecular weight excluding hydrogens is 338 g/mol. The lowest BCUT2D eigenvalue weighted by atomic mass is 10.1. The molecule has 0 radical (unpaired) electrons. The minimum atomic E-state index is -0.194. The number of rotatable bonds is 4. The van der Waals surface area contributed by atoms with Gasteiger partial charge in [-0.3, -0.25) is 15.6 Å². The Balaban J connectivity index is 1.42. The van der Waals surface area contributed by atoms with Gasteiger partial charge in [-0.15, -0.1) is 0 Å². The maximum atomic E-state index is 12.0. The van der Waals surface area contributed by atoms with E-state index in [0.29, 0.717) is 36.4 Å². The number of hydrazine groups is 1. The van der Waals surface area contributed by atoms with Crippen molar-refractivity contribution in [3.8, 4) is 11.5 Å². The topological polar surface area (TPSA) is 71.6 Å². The van der Waals surface area contributed by atoms with Crippen LogP contribution in [0.1, 0.15) is 11.1 Å². The molecule has 0 saturated carbocycles. The highest BCUT2D eigenvalue weighted by Gasteiger charge is 2.13. The normalized spacial score (nSPS) is 12.2. The minimum absolute atomic E-state index is 0.194. The molecule has 1 heterocycles. The summed E-state index contributed by atoms with van der Waals surface area (Å²) in [4.78, 5) is 12.0. The molecule has 0 saturated heterocycles. The Labute approximate surface area is 151 Å². The number of thiocarbonyl (C=S) groups is 1. The first-order valence-corrected chi connectivity index (χ1v) is 8.37. The van der Waals surface area contributed by atoms with Crippen LogP contribution in [-0.2, 0) is 17.8 Å². The third-order valence-electron chi connectivity index (χ3n) is 3.58. The summed E-state index contributed by atoms with van der Waals surface area (Å²) >= 11 is 5.14. The molecule has 1 amide bonds. The SMILES string of the molecule is O=C(Cc1ccc2c(c1)OCCO2)NNC(=S)NCc1ccccc1. The maximum absolute atomic E-state index is 12.0. The molecule has 0 fully saturated rings. The van der Waals surface area contributed by atoms with E-state index in [1.54, 1.807) is 0 Å². The molecule has 0 unspecified atom stereocenters. The van der Waals surface area contributed by atoms with Crippen LogP contribution in [0.4, 0.5) is 0 Å². The van der Waals surface area contributed by atoms with Crippen molar-refractivity contribution in [1.82, 2.24) is 16.2 Å². The van der Waals surface area contributed by atoms with Gasteiger partial charge in [-0.25, -0.2) is 0 Å². The first kappa shape index (κ1) is 17.0. The van der Waals surface area contributed by atoms with E-state index in [9.17, 15) is 4.79 Å². The van der Waals surface area contributed by atoms with Crippen LogP contribution < -0.4 is 25.6 Å². The van der Waals surface area contributed by atoms with Crippen molar-refractivity contribution >= 4 is 23.2 Å². The molecule has 1 aliphatic heterocycles. The Morgan fingerprint density at radius 3 is 2.52 bits per heavy atom. The van der Waals surface area contributed by atoms with Crippen molar-refractivity contribution in [2.75, 3.05) is 13.2 Å². The van der Waals surface area contributed by atoms with E-state index in [2.05, 4.69) is 16.2 Å². The molecule has 7 heteroatoms. The van der Waals surface area contributed by atoms with Gasteiger partial charge in [0.25, 0.3) is 0 Å². The van der Waals surface area contributed by atoms with Crippen molar-refractivity contribution < 1.29 is 14.3 Å². The number of amides is 1. The molecule has 0 spiro atoms. The van der Waals surface area contributed by atoms with Crippen molar-refractivity contribution in [2.45, 2.75) is 13.0 Å². The van der Waals surface area contributed by atoms with Gasteiger partial charge in [-0.2, -0.15) is 0 Å². The molecule has 2 aromatic carbocycles. The average molecular weight is 357 g/mol. The van der Waals surface area contributed by atoms with E-state index in [1.807, 2.05) is 48.5 Å². The van der Waals surface area contributed by atoms with E-state index in [1.165, 1.54) is 0 Å². The summed E-state index contributed by atoms with van der Waals surface area (Å²) in [5.41, 5.74) is 7.23. The lowest BCUT2D eigenvalue weighted by Gasteiger charge is -2.18. The fourth-order valence-corrected chi connectivity index (χ4v) is 2.50. The first-order valence-electron chi connectivity index (χ1n) is 7.96. The maximum Gasteiger partial charge on any atom is 0.242 e.